The molecular formula is C11H13ClO4. The van der Waals surface area contributed by atoms with Crippen LogP contribution in [0.3, 0.4) is 0 Å². The average molecular weight is 245 g/mol. The number of aromatic carboxylic acids is 1. The van der Waals surface area contributed by atoms with Crippen molar-refractivity contribution in [1.29, 1.82) is 0 Å². The molecule has 4 nitrogen and oxygen atoms in total. The van der Waals surface area contributed by atoms with Gasteiger partial charge in [0.1, 0.15) is 17.9 Å². The Balaban J connectivity index is 2.82. The van der Waals surface area contributed by atoms with Gasteiger partial charge in [0.05, 0.1) is 6.10 Å². The van der Waals surface area contributed by atoms with Gasteiger partial charge in [0, 0.05) is 12.1 Å². The van der Waals surface area contributed by atoms with E-state index in [2.05, 4.69) is 0 Å². The molecule has 16 heavy (non-hydrogen) atoms. The molecule has 0 spiro atoms. The minimum atomic E-state index is -1.07. The fraction of sp³-hybridized carbons (Fsp3) is 0.364. The second-order valence-corrected chi connectivity index (χ2v) is 3.74. The minimum Gasteiger partial charge on any atom is -0.490 e. The Labute approximate surface area is 98.7 Å². The molecule has 0 aliphatic carbocycles. The first-order valence-electron chi connectivity index (χ1n) is 4.73. The summed E-state index contributed by atoms with van der Waals surface area (Å²) in [7, 11) is 1.56. The second kappa shape index (κ2) is 5.72. The number of carboxylic acid groups (broad SMARTS) is 1. The van der Waals surface area contributed by atoms with Gasteiger partial charge in [-0.2, -0.15) is 0 Å². The lowest BCUT2D eigenvalue weighted by Crippen LogP contribution is -2.17. The van der Waals surface area contributed by atoms with E-state index in [1.165, 1.54) is 12.1 Å². The maximum Gasteiger partial charge on any atom is 0.339 e. The molecule has 0 aromatic heterocycles. The Morgan fingerprint density at radius 3 is 2.81 bits per heavy atom. The average Bonchev–Trinajstić information content (AvgIpc) is 2.26. The highest BCUT2D eigenvalue weighted by molar-refractivity contribution is 6.31. The smallest absolute Gasteiger partial charge is 0.339 e. The zero-order valence-electron chi connectivity index (χ0n) is 9.07. The van der Waals surface area contributed by atoms with Crippen LogP contribution in [0.1, 0.15) is 17.3 Å². The molecule has 0 bridgehead atoms. The summed E-state index contributed by atoms with van der Waals surface area (Å²) in [6, 6.07) is 4.48. The summed E-state index contributed by atoms with van der Waals surface area (Å²) in [5.74, 6) is -0.775. The molecule has 5 heteroatoms. The molecule has 1 atom stereocenters. The van der Waals surface area contributed by atoms with Crippen LogP contribution in [0, 0.1) is 0 Å². The van der Waals surface area contributed by atoms with Gasteiger partial charge in [0.2, 0.25) is 0 Å². The first-order chi connectivity index (χ1) is 7.54. The van der Waals surface area contributed by atoms with Crippen LogP contribution in [0.4, 0.5) is 0 Å². The molecule has 0 heterocycles. The van der Waals surface area contributed by atoms with E-state index in [0.717, 1.165) is 0 Å². The van der Waals surface area contributed by atoms with Gasteiger partial charge in [-0.25, -0.2) is 4.79 Å². The first kappa shape index (κ1) is 12.8. The molecule has 88 valence electrons. The molecule has 0 aliphatic heterocycles. The van der Waals surface area contributed by atoms with Crippen LogP contribution in [0.2, 0.25) is 5.02 Å². The molecule has 0 saturated heterocycles. The van der Waals surface area contributed by atoms with Gasteiger partial charge in [-0.3, -0.25) is 0 Å². The Morgan fingerprint density at radius 1 is 1.56 bits per heavy atom. The highest BCUT2D eigenvalue weighted by atomic mass is 35.5. The molecule has 0 saturated carbocycles. The Morgan fingerprint density at radius 2 is 2.25 bits per heavy atom. The first-order valence-corrected chi connectivity index (χ1v) is 5.11. The van der Waals surface area contributed by atoms with Crippen LogP contribution >= 0.6 is 11.6 Å². The van der Waals surface area contributed by atoms with Gasteiger partial charge in [0.25, 0.3) is 0 Å². The van der Waals surface area contributed by atoms with Crippen molar-refractivity contribution >= 4 is 17.6 Å². The Kier molecular flexibility index (Phi) is 4.58. The maximum absolute atomic E-state index is 10.9. The van der Waals surface area contributed by atoms with E-state index < -0.39 is 5.97 Å². The number of halogens is 1. The Bertz CT molecular complexity index is 378. The van der Waals surface area contributed by atoms with Gasteiger partial charge < -0.3 is 14.6 Å². The topological polar surface area (TPSA) is 55.8 Å². The van der Waals surface area contributed by atoms with Crippen molar-refractivity contribution in [3.63, 3.8) is 0 Å². The van der Waals surface area contributed by atoms with Gasteiger partial charge >= 0.3 is 5.97 Å². The molecule has 0 amide bonds. The standard InChI is InChI=1S/C11H13ClO4/c1-7(15-2)6-16-10-4-3-8(12)5-9(10)11(13)14/h3-5,7H,6H2,1-2H3,(H,13,14)/t7-/m0/s1. The molecule has 0 aliphatic rings. The molecule has 1 N–H and O–H groups in total. The zero-order chi connectivity index (χ0) is 12.1. The fourth-order valence-electron chi connectivity index (χ4n) is 1.07. The number of methoxy groups -OCH3 is 1. The summed E-state index contributed by atoms with van der Waals surface area (Å²) in [4.78, 5) is 10.9. The maximum atomic E-state index is 10.9. The molecule has 0 fully saturated rings. The number of carbonyl (C=O) groups is 1. The highest BCUT2D eigenvalue weighted by Crippen LogP contribution is 2.23. The van der Waals surface area contributed by atoms with Crippen molar-refractivity contribution in [3.05, 3.63) is 28.8 Å². The van der Waals surface area contributed by atoms with E-state index in [9.17, 15) is 4.79 Å². The summed E-state index contributed by atoms with van der Waals surface area (Å²) < 4.78 is 10.3. The predicted molar refractivity (Wildman–Crippen MR) is 60.4 cm³/mol. The number of hydrogen-bond acceptors (Lipinski definition) is 3. The molecule has 1 rings (SSSR count). The van der Waals surface area contributed by atoms with Crippen molar-refractivity contribution in [2.24, 2.45) is 0 Å². The summed E-state index contributed by atoms with van der Waals surface area (Å²) in [5.41, 5.74) is 0.0517. The van der Waals surface area contributed by atoms with Crippen molar-refractivity contribution < 1.29 is 19.4 Å². The van der Waals surface area contributed by atoms with Crippen molar-refractivity contribution in [3.8, 4) is 5.75 Å². The highest BCUT2D eigenvalue weighted by Gasteiger charge is 2.12. The third kappa shape index (κ3) is 3.40. The zero-order valence-corrected chi connectivity index (χ0v) is 9.82. The monoisotopic (exact) mass is 244 g/mol. The third-order valence-corrected chi connectivity index (χ3v) is 2.28. The van der Waals surface area contributed by atoms with Gasteiger partial charge in [-0.15, -0.1) is 0 Å². The summed E-state index contributed by atoms with van der Waals surface area (Å²) >= 11 is 5.71. The minimum absolute atomic E-state index is 0.0517. The lowest BCUT2D eigenvalue weighted by molar-refractivity contribution is 0.0646. The largest absolute Gasteiger partial charge is 0.490 e. The number of carboxylic acids is 1. The van der Waals surface area contributed by atoms with Crippen LogP contribution in [0.15, 0.2) is 18.2 Å². The molecule has 0 unspecified atom stereocenters. The lowest BCUT2D eigenvalue weighted by Gasteiger charge is -2.13. The van der Waals surface area contributed by atoms with E-state index in [0.29, 0.717) is 17.4 Å². The molecular weight excluding hydrogens is 232 g/mol. The van der Waals surface area contributed by atoms with E-state index in [-0.39, 0.29) is 11.7 Å². The van der Waals surface area contributed by atoms with Crippen molar-refractivity contribution in [2.75, 3.05) is 13.7 Å². The second-order valence-electron chi connectivity index (χ2n) is 3.30. The van der Waals surface area contributed by atoms with E-state index in [1.54, 1.807) is 13.2 Å². The molecule has 0 radical (unpaired) electrons. The van der Waals surface area contributed by atoms with Crippen LogP contribution in [0.25, 0.3) is 0 Å². The van der Waals surface area contributed by atoms with Gasteiger partial charge in [0.15, 0.2) is 0 Å². The SMILES string of the molecule is CO[C@@H](C)COc1ccc(Cl)cc1C(=O)O. The van der Waals surface area contributed by atoms with E-state index >= 15 is 0 Å². The number of hydrogen-bond donors (Lipinski definition) is 1. The Hall–Kier alpha value is -1.26. The van der Waals surface area contributed by atoms with Gasteiger partial charge in [-0.1, -0.05) is 11.6 Å². The number of ether oxygens (including phenoxy) is 2. The van der Waals surface area contributed by atoms with Crippen molar-refractivity contribution in [2.45, 2.75) is 13.0 Å². The summed E-state index contributed by atoms with van der Waals surface area (Å²) in [6.07, 6.45) is -0.0997. The number of benzene rings is 1. The third-order valence-electron chi connectivity index (χ3n) is 2.05. The summed E-state index contributed by atoms with van der Waals surface area (Å²) in [6.45, 7) is 2.12. The van der Waals surface area contributed by atoms with Crippen LogP contribution < -0.4 is 4.74 Å². The van der Waals surface area contributed by atoms with Crippen LogP contribution in [-0.2, 0) is 4.74 Å². The fourth-order valence-corrected chi connectivity index (χ4v) is 1.24. The van der Waals surface area contributed by atoms with Crippen LogP contribution in [0.5, 0.6) is 5.75 Å². The van der Waals surface area contributed by atoms with E-state index in [1.807, 2.05) is 6.92 Å². The predicted octanol–water partition coefficient (Wildman–Crippen LogP) is 2.45. The quantitative estimate of drug-likeness (QED) is 0.864. The van der Waals surface area contributed by atoms with Crippen LogP contribution in [-0.4, -0.2) is 30.9 Å². The molecule has 1 aromatic rings. The van der Waals surface area contributed by atoms with E-state index in [4.69, 9.17) is 26.2 Å². The normalized spacial score (nSPS) is 12.2. The van der Waals surface area contributed by atoms with Gasteiger partial charge in [-0.05, 0) is 25.1 Å². The molecule has 1 aromatic carbocycles. The summed E-state index contributed by atoms with van der Waals surface area (Å²) in [5, 5.41) is 9.31. The number of rotatable bonds is 5. The lowest BCUT2D eigenvalue weighted by atomic mass is 10.2. The van der Waals surface area contributed by atoms with Crippen molar-refractivity contribution in [1.82, 2.24) is 0 Å².